The molecule has 0 spiro atoms. The summed E-state index contributed by atoms with van der Waals surface area (Å²) >= 11 is 0. The van der Waals surface area contributed by atoms with Gasteiger partial charge >= 0.3 is 0 Å². The first-order valence-corrected chi connectivity index (χ1v) is 6.62. The highest BCUT2D eigenvalue weighted by molar-refractivity contribution is 5.76. The molecule has 0 aromatic carbocycles. The number of aliphatic hydroxyl groups is 1. The van der Waals surface area contributed by atoms with Crippen molar-refractivity contribution in [2.45, 2.75) is 51.6 Å². The van der Waals surface area contributed by atoms with Crippen molar-refractivity contribution in [3.8, 4) is 0 Å². The van der Waals surface area contributed by atoms with E-state index in [1.54, 1.807) is 0 Å². The van der Waals surface area contributed by atoms with Crippen LogP contribution in [0.1, 0.15) is 45.4 Å². The largest absolute Gasteiger partial charge is 0.393 e. The summed E-state index contributed by atoms with van der Waals surface area (Å²) in [6.07, 6.45) is 6.27. The van der Waals surface area contributed by atoms with Gasteiger partial charge in [0.05, 0.1) is 6.10 Å². The summed E-state index contributed by atoms with van der Waals surface area (Å²) in [4.78, 5) is 13.9. The second-order valence-corrected chi connectivity index (χ2v) is 5.46. The predicted molar refractivity (Wildman–Crippen MR) is 62.9 cm³/mol. The zero-order valence-electron chi connectivity index (χ0n) is 10.2. The fraction of sp³-hybridized carbons (Fsp3) is 0.923. The van der Waals surface area contributed by atoms with Crippen LogP contribution in [-0.4, -0.2) is 35.1 Å². The van der Waals surface area contributed by atoms with E-state index in [0.717, 1.165) is 44.7 Å². The fourth-order valence-corrected chi connectivity index (χ4v) is 2.52. The molecule has 0 aromatic rings. The van der Waals surface area contributed by atoms with Gasteiger partial charge in [-0.2, -0.15) is 0 Å². The Balaban J connectivity index is 1.75. The topological polar surface area (TPSA) is 40.5 Å². The SMILES string of the molecule is CC(O)C1CCCN(C(=O)CCC2CC2)C1. The molecule has 1 aliphatic carbocycles. The van der Waals surface area contributed by atoms with E-state index in [1.807, 2.05) is 11.8 Å². The molecule has 0 bridgehead atoms. The first-order chi connectivity index (χ1) is 7.66. The number of amides is 1. The summed E-state index contributed by atoms with van der Waals surface area (Å²) in [7, 11) is 0. The Morgan fingerprint density at radius 2 is 2.19 bits per heavy atom. The van der Waals surface area contributed by atoms with E-state index in [0.29, 0.717) is 11.8 Å². The van der Waals surface area contributed by atoms with Gasteiger partial charge in [0.2, 0.25) is 5.91 Å². The lowest BCUT2D eigenvalue weighted by Gasteiger charge is -2.34. The minimum absolute atomic E-state index is 0.279. The van der Waals surface area contributed by atoms with E-state index in [2.05, 4.69) is 0 Å². The number of aliphatic hydroxyl groups excluding tert-OH is 1. The van der Waals surface area contributed by atoms with E-state index in [4.69, 9.17) is 0 Å². The molecule has 1 amide bonds. The number of hydrogen-bond acceptors (Lipinski definition) is 2. The van der Waals surface area contributed by atoms with Crippen LogP contribution in [0.5, 0.6) is 0 Å². The van der Waals surface area contributed by atoms with Crippen molar-refractivity contribution < 1.29 is 9.90 Å². The van der Waals surface area contributed by atoms with Crippen LogP contribution in [0.25, 0.3) is 0 Å². The van der Waals surface area contributed by atoms with Crippen LogP contribution in [-0.2, 0) is 4.79 Å². The van der Waals surface area contributed by atoms with Crippen molar-refractivity contribution in [3.05, 3.63) is 0 Å². The Morgan fingerprint density at radius 3 is 2.81 bits per heavy atom. The first-order valence-electron chi connectivity index (χ1n) is 6.62. The molecule has 2 rings (SSSR count). The van der Waals surface area contributed by atoms with Crippen molar-refractivity contribution in [1.29, 1.82) is 0 Å². The molecule has 3 nitrogen and oxygen atoms in total. The quantitative estimate of drug-likeness (QED) is 0.792. The van der Waals surface area contributed by atoms with Crippen LogP contribution in [0.3, 0.4) is 0 Å². The fourth-order valence-electron chi connectivity index (χ4n) is 2.52. The summed E-state index contributed by atoms with van der Waals surface area (Å²) in [5, 5.41) is 9.57. The van der Waals surface area contributed by atoms with E-state index in [9.17, 15) is 9.90 Å². The van der Waals surface area contributed by atoms with Crippen molar-refractivity contribution in [2.24, 2.45) is 11.8 Å². The zero-order valence-corrected chi connectivity index (χ0v) is 10.2. The van der Waals surface area contributed by atoms with Gasteiger partial charge in [0, 0.05) is 25.4 Å². The number of carbonyl (C=O) groups excluding carboxylic acids is 1. The number of carbonyl (C=O) groups is 1. The predicted octanol–water partition coefficient (Wildman–Crippen LogP) is 1.80. The zero-order chi connectivity index (χ0) is 11.5. The number of rotatable bonds is 4. The van der Waals surface area contributed by atoms with Gasteiger partial charge in [-0.15, -0.1) is 0 Å². The van der Waals surface area contributed by atoms with Crippen LogP contribution in [0.4, 0.5) is 0 Å². The lowest BCUT2D eigenvalue weighted by Crippen LogP contribution is -2.42. The van der Waals surface area contributed by atoms with Gasteiger partial charge < -0.3 is 10.0 Å². The van der Waals surface area contributed by atoms with Crippen molar-refractivity contribution >= 4 is 5.91 Å². The third kappa shape index (κ3) is 3.21. The molecule has 1 aliphatic heterocycles. The van der Waals surface area contributed by atoms with E-state index >= 15 is 0 Å². The Bertz CT molecular complexity index is 248. The second-order valence-electron chi connectivity index (χ2n) is 5.46. The molecule has 0 aromatic heterocycles. The van der Waals surface area contributed by atoms with Gasteiger partial charge in [-0.1, -0.05) is 12.8 Å². The lowest BCUT2D eigenvalue weighted by atomic mass is 9.93. The van der Waals surface area contributed by atoms with E-state index in [1.165, 1.54) is 12.8 Å². The van der Waals surface area contributed by atoms with Crippen molar-refractivity contribution in [2.75, 3.05) is 13.1 Å². The molecule has 16 heavy (non-hydrogen) atoms. The van der Waals surface area contributed by atoms with Crippen molar-refractivity contribution in [3.63, 3.8) is 0 Å². The number of piperidine rings is 1. The summed E-state index contributed by atoms with van der Waals surface area (Å²) in [6.45, 7) is 3.50. The molecule has 1 saturated heterocycles. The maximum absolute atomic E-state index is 11.9. The average molecular weight is 225 g/mol. The molecule has 2 aliphatic rings. The van der Waals surface area contributed by atoms with Crippen molar-refractivity contribution in [1.82, 2.24) is 4.90 Å². The Morgan fingerprint density at radius 1 is 1.44 bits per heavy atom. The molecule has 2 atom stereocenters. The van der Waals surface area contributed by atoms with Crippen LogP contribution in [0, 0.1) is 11.8 Å². The number of likely N-dealkylation sites (tertiary alicyclic amines) is 1. The molecule has 0 radical (unpaired) electrons. The highest BCUT2D eigenvalue weighted by Gasteiger charge is 2.28. The molecule has 1 N–H and O–H groups in total. The molecule has 2 unspecified atom stereocenters. The minimum Gasteiger partial charge on any atom is -0.393 e. The smallest absolute Gasteiger partial charge is 0.222 e. The summed E-state index contributed by atoms with van der Waals surface area (Å²) in [6, 6.07) is 0. The summed E-state index contributed by atoms with van der Waals surface area (Å²) < 4.78 is 0. The molecule has 1 heterocycles. The molecular weight excluding hydrogens is 202 g/mol. The third-order valence-electron chi connectivity index (χ3n) is 3.96. The standard InChI is InChI=1S/C13H23NO2/c1-10(15)12-3-2-8-14(9-12)13(16)7-6-11-4-5-11/h10-12,15H,2-9H2,1H3. The Hall–Kier alpha value is -0.570. The number of hydrogen-bond donors (Lipinski definition) is 1. The molecule has 2 fully saturated rings. The van der Waals surface area contributed by atoms with E-state index in [-0.39, 0.29) is 6.10 Å². The minimum atomic E-state index is -0.279. The molecular formula is C13H23NO2. The maximum atomic E-state index is 11.9. The average Bonchev–Trinajstić information content (AvgIpc) is 3.10. The maximum Gasteiger partial charge on any atom is 0.222 e. The third-order valence-corrected chi connectivity index (χ3v) is 3.96. The highest BCUT2D eigenvalue weighted by Crippen LogP contribution is 2.33. The van der Waals surface area contributed by atoms with E-state index < -0.39 is 0 Å². The first kappa shape index (κ1) is 11.9. The van der Waals surface area contributed by atoms with Gasteiger partial charge in [0.15, 0.2) is 0 Å². The monoisotopic (exact) mass is 225 g/mol. The van der Waals surface area contributed by atoms with Gasteiger partial charge in [-0.05, 0) is 32.1 Å². The molecule has 1 saturated carbocycles. The number of nitrogens with zero attached hydrogens (tertiary/aromatic N) is 1. The van der Waals surface area contributed by atoms with Gasteiger partial charge in [-0.25, -0.2) is 0 Å². The molecule has 92 valence electrons. The van der Waals surface area contributed by atoms with Crippen LogP contribution >= 0.6 is 0 Å². The Labute approximate surface area is 97.8 Å². The second kappa shape index (κ2) is 5.17. The van der Waals surface area contributed by atoms with Crippen LogP contribution in [0.2, 0.25) is 0 Å². The van der Waals surface area contributed by atoms with Gasteiger partial charge in [0.1, 0.15) is 0 Å². The highest BCUT2D eigenvalue weighted by atomic mass is 16.3. The van der Waals surface area contributed by atoms with Gasteiger partial charge in [0.25, 0.3) is 0 Å². The molecule has 3 heteroatoms. The lowest BCUT2D eigenvalue weighted by molar-refractivity contribution is -0.134. The van der Waals surface area contributed by atoms with Gasteiger partial charge in [-0.3, -0.25) is 4.79 Å². The normalized spacial score (nSPS) is 27.9. The summed E-state index contributed by atoms with van der Waals surface area (Å²) in [5.41, 5.74) is 0. The van der Waals surface area contributed by atoms with Crippen LogP contribution < -0.4 is 0 Å². The van der Waals surface area contributed by atoms with Crippen LogP contribution in [0.15, 0.2) is 0 Å². The summed E-state index contributed by atoms with van der Waals surface area (Å²) in [5.74, 6) is 1.43. The Kier molecular flexibility index (Phi) is 3.85.